The number of phenolic OH excluding ortho intramolecular Hbond substituents is 1. The van der Waals surface area contributed by atoms with Crippen LogP contribution in [-0.2, 0) is 14.3 Å². The second-order valence-electron chi connectivity index (χ2n) is 16.9. The van der Waals surface area contributed by atoms with Crippen LogP contribution in [0.5, 0.6) is 5.75 Å². The van der Waals surface area contributed by atoms with Gasteiger partial charge in [0.1, 0.15) is 11.9 Å². The lowest BCUT2D eigenvalue weighted by Gasteiger charge is -2.72. The molecule has 0 amide bonds. The van der Waals surface area contributed by atoms with Gasteiger partial charge in [-0.15, -0.1) is 0 Å². The van der Waals surface area contributed by atoms with Gasteiger partial charge in [-0.3, -0.25) is 4.79 Å². The average Bonchev–Trinajstić information content (AvgIpc) is 3.36. The Kier molecular flexibility index (Phi) is 7.49. The number of carbonyl (C=O) groups is 2. The Balaban J connectivity index is 1.24. The van der Waals surface area contributed by atoms with Crippen molar-refractivity contribution in [1.29, 1.82) is 0 Å². The molecule has 240 valence electrons. The molecule has 0 radical (unpaired) electrons. The van der Waals surface area contributed by atoms with Gasteiger partial charge in [-0.2, -0.15) is 0 Å². The number of hydrogen-bond acceptors (Lipinski definition) is 4. The molecule has 5 aliphatic carbocycles. The van der Waals surface area contributed by atoms with Crippen molar-refractivity contribution in [2.24, 2.45) is 56.7 Å². The Hall–Kier alpha value is -2.56. The first kappa shape index (κ1) is 31.4. The molecular formula is C39H54O5. The van der Waals surface area contributed by atoms with Crippen molar-refractivity contribution in [3.63, 3.8) is 0 Å². The first-order valence-electron chi connectivity index (χ1n) is 17.2. The molecule has 2 N–H and O–H groups in total. The zero-order valence-electron chi connectivity index (χ0n) is 27.8. The van der Waals surface area contributed by atoms with Crippen LogP contribution in [0, 0.1) is 56.7 Å². The Bertz CT molecular complexity index is 1360. The second kappa shape index (κ2) is 10.5. The molecule has 5 heteroatoms. The number of fused-ring (bicyclic) bond motifs is 7. The Morgan fingerprint density at radius 1 is 0.864 bits per heavy atom. The smallest absolute Gasteiger partial charge is 0.331 e. The van der Waals surface area contributed by atoms with Gasteiger partial charge in [0.2, 0.25) is 0 Å². The molecule has 4 unspecified atom stereocenters. The zero-order valence-corrected chi connectivity index (χ0v) is 27.8. The van der Waals surface area contributed by atoms with E-state index in [1.54, 1.807) is 30.3 Å². The molecule has 0 bridgehead atoms. The number of hydrogen-bond donors (Lipinski definition) is 2. The molecule has 5 saturated carbocycles. The van der Waals surface area contributed by atoms with E-state index in [2.05, 4.69) is 48.1 Å². The van der Waals surface area contributed by atoms with Crippen LogP contribution in [0.2, 0.25) is 0 Å². The van der Waals surface area contributed by atoms with E-state index < -0.39 is 11.4 Å². The predicted molar refractivity (Wildman–Crippen MR) is 174 cm³/mol. The maximum atomic E-state index is 13.0. The highest BCUT2D eigenvalue weighted by Crippen LogP contribution is 2.77. The third-order valence-electron chi connectivity index (χ3n) is 15.0. The number of aromatic hydroxyl groups is 1. The number of carboxylic acid groups (broad SMARTS) is 1. The van der Waals surface area contributed by atoms with Gasteiger partial charge in [-0.25, -0.2) is 4.79 Å². The molecule has 1 aromatic carbocycles. The van der Waals surface area contributed by atoms with Crippen molar-refractivity contribution >= 4 is 18.0 Å². The Morgan fingerprint density at radius 2 is 1.57 bits per heavy atom. The number of aliphatic carboxylic acids is 1. The van der Waals surface area contributed by atoms with E-state index in [0.717, 1.165) is 69.8 Å². The van der Waals surface area contributed by atoms with Crippen molar-refractivity contribution in [2.45, 2.75) is 112 Å². The van der Waals surface area contributed by atoms with E-state index in [1.165, 1.54) is 11.6 Å². The van der Waals surface area contributed by atoms with E-state index >= 15 is 0 Å². The summed E-state index contributed by atoms with van der Waals surface area (Å²) in [5.41, 5.74) is 1.71. The molecular weight excluding hydrogens is 548 g/mol. The van der Waals surface area contributed by atoms with E-state index in [0.29, 0.717) is 23.7 Å². The Morgan fingerprint density at radius 3 is 2.23 bits per heavy atom. The minimum atomic E-state index is -0.585. The average molecular weight is 603 g/mol. The van der Waals surface area contributed by atoms with Gasteiger partial charge < -0.3 is 14.9 Å². The number of rotatable bonds is 5. The lowest BCUT2D eigenvalue weighted by atomic mass is 9.32. The summed E-state index contributed by atoms with van der Waals surface area (Å²) in [7, 11) is 0. The van der Waals surface area contributed by atoms with Crippen LogP contribution >= 0.6 is 0 Å². The van der Waals surface area contributed by atoms with Gasteiger partial charge in [0.25, 0.3) is 0 Å². The largest absolute Gasteiger partial charge is 0.508 e. The zero-order chi connectivity index (χ0) is 31.9. The van der Waals surface area contributed by atoms with Crippen molar-refractivity contribution < 1.29 is 24.5 Å². The third-order valence-corrected chi connectivity index (χ3v) is 15.0. The first-order valence-corrected chi connectivity index (χ1v) is 17.2. The maximum Gasteiger partial charge on any atom is 0.331 e. The lowest BCUT2D eigenvalue weighted by Crippen LogP contribution is -2.67. The summed E-state index contributed by atoms with van der Waals surface area (Å²) in [4.78, 5) is 25.9. The normalized spacial score (nSPS) is 44.1. The van der Waals surface area contributed by atoms with E-state index in [9.17, 15) is 19.8 Å². The Labute approximate surface area is 264 Å². The number of carboxylic acids is 1. The van der Waals surface area contributed by atoms with Gasteiger partial charge in [0, 0.05) is 11.5 Å². The van der Waals surface area contributed by atoms with Gasteiger partial charge in [0.05, 0.1) is 5.41 Å². The van der Waals surface area contributed by atoms with Crippen LogP contribution in [0.4, 0.5) is 0 Å². The molecule has 5 fully saturated rings. The molecule has 0 aromatic heterocycles. The highest BCUT2D eigenvalue weighted by Gasteiger charge is 2.72. The van der Waals surface area contributed by atoms with E-state index in [1.807, 2.05) is 0 Å². The fourth-order valence-corrected chi connectivity index (χ4v) is 12.6. The number of esters is 1. The topological polar surface area (TPSA) is 83.8 Å². The monoisotopic (exact) mass is 602 g/mol. The molecule has 0 heterocycles. The minimum absolute atomic E-state index is 0.109. The van der Waals surface area contributed by atoms with Crippen LogP contribution in [0.1, 0.15) is 111 Å². The van der Waals surface area contributed by atoms with Crippen LogP contribution < -0.4 is 0 Å². The fraction of sp³-hybridized carbons (Fsp3) is 0.692. The number of allylic oxidation sites excluding steroid dienone is 1. The number of carbonyl (C=O) groups excluding carboxylic acids is 1. The van der Waals surface area contributed by atoms with Gasteiger partial charge >= 0.3 is 11.9 Å². The standard InChI is InChI=1S/C39H54O5/c1-24(2)27-16-21-39(34(42)43)23-22-37(6)28(33(27)39)13-14-30-36(5)19-18-31(35(3,4)29(36)17-20-38(30,37)7)44-32(41)15-10-25-8-11-26(40)12-9-25/h8-12,15,27-31,33,40H,1,13-14,16-23H2,2-7H3,(H,42,43)/b15-10-/t27-,28?,29?,30?,31-,33?,36-,37+,38+,39-/m0/s1. The lowest BCUT2D eigenvalue weighted by molar-refractivity contribution is -0.250. The van der Waals surface area contributed by atoms with E-state index in [4.69, 9.17) is 4.74 Å². The molecule has 5 aliphatic rings. The van der Waals surface area contributed by atoms with Crippen molar-refractivity contribution in [2.75, 3.05) is 0 Å². The molecule has 5 nitrogen and oxygen atoms in total. The highest BCUT2D eigenvalue weighted by molar-refractivity contribution is 5.87. The molecule has 6 rings (SSSR count). The van der Waals surface area contributed by atoms with Crippen LogP contribution in [-0.4, -0.2) is 28.3 Å². The maximum absolute atomic E-state index is 13.0. The fourth-order valence-electron chi connectivity index (χ4n) is 12.6. The molecule has 10 atom stereocenters. The summed E-state index contributed by atoms with van der Waals surface area (Å²) in [6.07, 6.45) is 13.2. The quantitative estimate of drug-likeness (QED) is 0.200. The molecule has 1 aromatic rings. The summed E-state index contributed by atoms with van der Waals surface area (Å²) in [5, 5.41) is 20.2. The van der Waals surface area contributed by atoms with Crippen LogP contribution in [0.15, 0.2) is 42.5 Å². The summed E-state index contributed by atoms with van der Waals surface area (Å²) in [5.74, 6) is 1.29. The highest BCUT2D eigenvalue weighted by atomic mass is 16.5. The van der Waals surface area contributed by atoms with Gasteiger partial charge in [-0.1, -0.05) is 58.9 Å². The number of phenols is 1. The number of benzene rings is 1. The van der Waals surface area contributed by atoms with Crippen molar-refractivity contribution in [3.05, 3.63) is 48.1 Å². The molecule has 0 saturated heterocycles. The third kappa shape index (κ3) is 4.37. The predicted octanol–water partition coefficient (Wildman–Crippen LogP) is 9.06. The number of ether oxygens (including phenoxy) is 1. The second-order valence-corrected chi connectivity index (χ2v) is 16.9. The molecule has 44 heavy (non-hydrogen) atoms. The van der Waals surface area contributed by atoms with Gasteiger partial charge in [-0.05, 0) is 141 Å². The summed E-state index contributed by atoms with van der Waals surface area (Å²) in [6.45, 7) is 18.8. The van der Waals surface area contributed by atoms with Crippen molar-refractivity contribution in [1.82, 2.24) is 0 Å². The SMILES string of the molecule is C=C(C)[C@@H]1CC[C@]2(C(=O)O)CC[C@]3(C)C(CCC4[C@@]5(C)CC[C@H](OC(=O)/C=C\c6ccc(O)cc6)C(C)(C)C5CC[C@]43C)C12. The van der Waals surface area contributed by atoms with Gasteiger partial charge in [0.15, 0.2) is 0 Å². The van der Waals surface area contributed by atoms with E-state index in [-0.39, 0.29) is 45.4 Å². The summed E-state index contributed by atoms with van der Waals surface area (Å²) >= 11 is 0. The molecule has 0 aliphatic heterocycles. The van der Waals surface area contributed by atoms with Crippen molar-refractivity contribution in [3.8, 4) is 5.75 Å². The summed E-state index contributed by atoms with van der Waals surface area (Å²) < 4.78 is 6.19. The van der Waals surface area contributed by atoms with Crippen LogP contribution in [0.3, 0.4) is 0 Å². The van der Waals surface area contributed by atoms with Crippen LogP contribution in [0.25, 0.3) is 6.08 Å². The first-order chi connectivity index (χ1) is 20.6. The minimum Gasteiger partial charge on any atom is -0.508 e. The summed E-state index contributed by atoms with van der Waals surface area (Å²) in [6, 6.07) is 6.79. The molecule has 0 spiro atoms.